The maximum Gasteiger partial charge on any atom is 0.304 e. The molecular weight excluding hydrogens is 327 g/mol. The smallest absolute Gasteiger partial charge is 0.304 e. The van der Waals surface area contributed by atoms with E-state index < -0.39 is 11.8 Å². The first kappa shape index (κ1) is 19.2. The molecule has 1 aliphatic heterocycles. The number of hydrogen-bond donors (Lipinski definition) is 2. The van der Waals surface area contributed by atoms with E-state index in [0.717, 1.165) is 19.4 Å². The molecule has 6 nitrogen and oxygen atoms in total. The van der Waals surface area contributed by atoms with Crippen molar-refractivity contribution in [2.45, 2.75) is 32.2 Å². The van der Waals surface area contributed by atoms with Crippen LogP contribution in [0.4, 0.5) is 4.39 Å². The topological polar surface area (TPSA) is 78.9 Å². The third-order valence-corrected chi connectivity index (χ3v) is 4.33. The van der Waals surface area contributed by atoms with Crippen molar-refractivity contribution in [3.8, 4) is 5.75 Å². The van der Waals surface area contributed by atoms with Gasteiger partial charge in [0.2, 0.25) is 0 Å². The Morgan fingerprint density at radius 3 is 2.88 bits per heavy atom. The van der Waals surface area contributed by atoms with Gasteiger partial charge >= 0.3 is 5.97 Å². The number of hydrogen-bond acceptors (Lipinski definition) is 4. The van der Waals surface area contributed by atoms with E-state index in [1.165, 1.54) is 18.2 Å². The van der Waals surface area contributed by atoms with Crippen LogP contribution in [0, 0.1) is 11.7 Å². The number of carbonyl (C=O) groups is 2. The van der Waals surface area contributed by atoms with Crippen molar-refractivity contribution in [3.63, 3.8) is 0 Å². The highest BCUT2D eigenvalue weighted by atomic mass is 19.1. The molecule has 0 radical (unpaired) electrons. The lowest BCUT2D eigenvalue weighted by Gasteiger charge is -2.19. The van der Waals surface area contributed by atoms with E-state index in [9.17, 15) is 14.0 Å². The average molecular weight is 352 g/mol. The van der Waals surface area contributed by atoms with Crippen LogP contribution in [-0.4, -0.2) is 54.2 Å². The summed E-state index contributed by atoms with van der Waals surface area (Å²) in [6.07, 6.45) is 2.07. The molecule has 7 heteroatoms. The minimum atomic E-state index is -0.817. The van der Waals surface area contributed by atoms with Gasteiger partial charge in [-0.1, -0.05) is 19.4 Å². The first-order chi connectivity index (χ1) is 12.0. The molecule has 1 aromatic carbocycles. The van der Waals surface area contributed by atoms with Gasteiger partial charge in [0.15, 0.2) is 6.61 Å². The molecule has 1 aliphatic rings. The standard InChI is InChI=1S/C18H25FN2O4/c1-2-4-13-10-21(8-7-18(23)24)11-16(13)20-17(22)12-25-15-6-3-5-14(19)9-15/h3,5-6,9,13,16H,2,4,7-8,10-12H2,1H3,(H,20,22)(H,23,24)/t13-,16-/m1/s1. The van der Waals surface area contributed by atoms with Crippen molar-refractivity contribution in [2.75, 3.05) is 26.2 Å². The van der Waals surface area contributed by atoms with E-state index in [1.807, 2.05) is 0 Å². The SMILES string of the molecule is CCC[C@@H]1CN(CCC(=O)O)C[C@H]1NC(=O)COc1cccc(F)c1. The third kappa shape index (κ3) is 6.34. The Hall–Kier alpha value is -2.15. The maximum atomic E-state index is 13.1. The van der Waals surface area contributed by atoms with Gasteiger partial charge in [-0.25, -0.2) is 4.39 Å². The van der Waals surface area contributed by atoms with Crippen LogP contribution in [0.15, 0.2) is 24.3 Å². The van der Waals surface area contributed by atoms with Crippen molar-refractivity contribution < 1.29 is 23.8 Å². The van der Waals surface area contributed by atoms with Gasteiger partial charge in [-0.15, -0.1) is 0 Å². The molecule has 1 amide bonds. The number of rotatable bonds is 9. The number of carboxylic acids is 1. The van der Waals surface area contributed by atoms with Crippen LogP contribution in [0.5, 0.6) is 5.75 Å². The Kier molecular flexibility index (Phi) is 7.18. The van der Waals surface area contributed by atoms with Crippen molar-refractivity contribution in [3.05, 3.63) is 30.1 Å². The molecule has 0 aromatic heterocycles. The third-order valence-electron chi connectivity index (χ3n) is 4.33. The number of aliphatic carboxylic acids is 1. The summed E-state index contributed by atoms with van der Waals surface area (Å²) in [6.45, 7) is 3.84. The van der Waals surface area contributed by atoms with Crippen LogP contribution < -0.4 is 10.1 Å². The molecule has 138 valence electrons. The molecular formula is C18H25FN2O4. The largest absolute Gasteiger partial charge is 0.484 e. The molecule has 1 aromatic rings. The quantitative estimate of drug-likeness (QED) is 0.710. The monoisotopic (exact) mass is 352 g/mol. The van der Waals surface area contributed by atoms with E-state index >= 15 is 0 Å². The molecule has 1 heterocycles. The maximum absolute atomic E-state index is 13.1. The lowest BCUT2D eigenvalue weighted by Crippen LogP contribution is -2.42. The average Bonchev–Trinajstić information content (AvgIpc) is 2.93. The van der Waals surface area contributed by atoms with Crippen LogP contribution >= 0.6 is 0 Å². The predicted molar refractivity (Wildman–Crippen MR) is 90.9 cm³/mol. The Balaban J connectivity index is 1.83. The number of nitrogens with zero attached hydrogens (tertiary/aromatic N) is 1. The summed E-state index contributed by atoms with van der Waals surface area (Å²) >= 11 is 0. The summed E-state index contributed by atoms with van der Waals surface area (Å²) in [7, 11) is 0. The predicted octanol–water partition coefficient (Wildman–Crippen LogP) is 1.90. The fourth-order valence-corrected chi connectivity index (χ4v) is 3.18. The zero-order chi connectivity index (χ0) is 18.2. The van der Waals surface area contributed by atoms with Crippen LogP contribution in [0.1, 0.15) is 26.2 Å². The minimum Gasteiger partial charge on any atom is -0.484 e. The highest BCUT2D eigenvalue weighted by Gasteiger charge is 2.33. The van der Waals surface area contributed by atoms with Crippen LogP contribution in [0.25, 0.3) is 0 Å². The molecule has 0 spiro atoms. The van der Waals surface area contributed by atoms with Crippen LogP contribution in [-0.2, 0) is 9.59 Å². The Morgan fingerprint density at radius 2 is 2.20 bits per heavy atom. The highest BCUT2D eigenvalue weighted by Crippen LogP contribution is 2.22. The van der Waals surface area contributed by atoms with Gasteiger partial charge in [-0.05, 0) is 24.5 Å². The van der Waals surface area contributed by atoms with E-state index in [2.05, 4.69) is 17.1 Å². The number of carbonyl (C=O) groups excluding carboxylic acids is 1. The zero-order valence-electron chi connectivity index (χ0n) is 14.4. The zero-order valence-corrected chi connectivity index (χ0v) is 14.4. The Morgan fingerprint density at radius 1 is 1.40 bits per heavy atom. The van der Waals surface area contributed by atoms with Gasteiger partial charge in [0, 0.05) is 31.7 Å². The molecule has 2 rings (SSSR count). The Bertz CT molecular complexity index is 596. The van der Waals surface area contributed by atoms with E-state index in [0.29, 0.717) is 24.8 Å². The van der Waals surface area contributed by atoms with E-state index in [1.54, 1.807) is 6.07 Å². The van der Waals surface area contributed by atoms with Gasteiger partial charge in [0.25, 0.3) is 5.91 Å². The number of ether oxygens (including phenoxy) is 1. The number of nitrogens with one attached hydrogen (secondary N) is 1. The highest BCUT2D eigenvalue weighted by molar-refractivity contribution is 5.78. The van der Waals surface area contributed by atoms with Gasteiger partial charge in [0.1, 0.15) is 11.6 Å². The number of carboxylic acid groups (broad SMARTS) is 1. The summed E-state index contributed by atoms with van der Waals surface area (Å²) in [5.41, 5.74) is 0. The molecule has 25 heavy (non-hydrogen) atoms. The van der Waals surface area contributed by atoms with Crippen molar-refractivity contribution in [2.24, 2.45) is 5.92 Å². The summed E-state index contributed by atoms with van der Waals surface area (Å²) in [6, 6.07) is 5.65. The second-order valence-electron chi connectivity index (χ2n) is 6.37. The van der Waals surface area contributed by atoms with Crippen LogP contribution in [0.2, 0.25) is 0 Å². The second-order valence-corrected chi connectivity index (χ2v) is 6.37. The number of likely N-dealkylation sites (tertiary alicyclic amines) is 1. The number of benzene rings is 1. The Labute approximate surface area is 147 Å². The first-order valence-corrected chi connectivity index (χ1v) is 8.59. The molecule has 0 unspecified atom stereocenters. The summed E-state index contributed by atoms with van der Waals surface area (Å²) in [5, 5.41) is 11.8. The van der Waals surface area contributed by atoms with E-state index in [4.69, 9.17) is 9.84 Å². The molecule has 0 saturated carbocycles. The summed E-state index contributed by atoms with van der Waals surface area (Å²) in [5.74, 6) is -0.865. The summed E-state index contributed by atoms with van der Waals surface area (Å²) in [4.78, 5) is 24.9. The fourth-order valence-electron chi connectivity index (χ4n) is 3.18. The van der Waals surface area contributed by atoms with Gasteiger partial charge in [0.05, 0.1) is 6.42 Å². The van der Waals surface area contributed by atoms with Crippen molar-refractivity contribution in [1.29, 1.82) is 0 Å². The molecule has 0 aliphatic carbocycles. The minimum absolute atomic E-state index is 0.0163. The lowest BCUT2D eigenvalue weighted by molar-refractivity contribution is -0.137. The van der Waals surface area contributed by atoms with Crippen LogP contribution in [0.3, 0.4) is 0 Å². The second kappa shape index (κ2) is 9.36. The van der Waals surface area contributed by atoms with Crippen molar-refractivity contribution >= 4 is 11.9 Å². The normalized spacial score (nSPS) is 20.4. The molecule has 2 atom stereocenters. The van der Waals surface area contributed by atoms with Gasteiger partial charge < -0.3 is 20.1 Å². The molecule has 1 fully saturated rings. The fraction of sp³-hybridized carbons (Fsp3) is 0.556. The lowest BCUT2D eigenvalue weighted by atomic mass is 9.98. The number of halogens is 1. The summed E-state index contributed by atoms with van der Waals surface area (Å²) < 4.78 is 18.4. The molecule has 0 bridgehead atoms. The number of amides is 1. The molecule has 1 saturated heterocycles. The van der Waals surface area contributed by atoms with Crippen molar-refractivity contribution in [1.82, 2.24) is 10.2 Å². The van der Waals surface area contributed by atoms with Gasteiger partial charge in [-0.2, -0.15) is 0 Å². The molecule has 2 N–H and O–H groups in total. The van der Waals surface area contributed by atoms with E-state index in [-0.39, 0.29) is 25.0 Å². The van der Waals surface area contributed by atoms with Gasteiger partial charge in [-0.3, -0.25) is 9.59 Å². The first-order valence-electron chi connectivity index (χ1n) is 8.59.